The Hall–Kier alpha value is -1.86. The van der Waals surface area contributed by atoms with Crippen molar-refractivity contribution in [3.63, 3.8) is 0 Å². The highest BCUT2D eigenvalue weighted by Gasteiger charge is 2.25. The second kappa shape index (κ2) is 5.65. The normalized spacial score (nSPS) is 12.8. The van der Waals surface area contributed by atoms with E-state index in [0.29, 0.717) is 11.1 Å². The van der Waals surface area contributed by atoms with E-state index in [4.69, 9.17) is 0 Å². The van der Waals surface area contributed by atoms with E-state index in [1.807, 2.05) is 20.8 Å². The first-order valence-corrected chi connectivity index (χ1v) is 8.72. The van der Waals surface area contributed by atoms with Crippen LogP contribution in [0, 0.1) is 0 Å². The van der Waals surface area contributed by atoms with Crippen LogP contribution in [0.25, 0.3) is 11.1 Å². The fourth-order valence-electron chi connectivity index (χ4n) is 2.36. The van der Waals surface area contributed by atoms with Crippen molar-refractivity contribution in [2.24, 2.45) is 7.05 Å². The number of nitrogens with one attached hydrogen (secondary N) is 1. The quantitative estimate of drug-likeness (QED) is 0.930. The van der Waals surface area contributed by atoms with Gasteiger partial charge in [0.2, 0.25) is 10.0 Å². The highest BCUT2D eigenvalue weighted by Crippen LogP contribution is 2.29. The van der Waals surface area contributed by atoms with Gasteiger partial charge in [-0.15, -0.1) is 0 Å². The van der Waals surface area contributed by atoms with Gasteiger partial charge in [0.05, 0.1) is 16.2 Å². The highest BCUT2D eigenvalue weighted by atomic mass is 32.2. The number of sulfonamides is 1. The molecule has 2 aromatic rings. The van der Waals surface area contributed by atoms with E-state index in [0.717, 1.165) is 10.00 Å². The Labute approximate surface area is 136 Å². The molecule has 1 N–H and O–H groups in total. The third-order valence-corrected chi connectivity index (χ3v) is 5.55. The molecular weight excluding hydrogens is 314 g/mol. The molecule has 0 atom stereocenters. The van der Waals surface area contributed by atoms with Crippen LogP contribution in [0.5, 0.6) is 0 Å². The van der Waals surface area contributed by atoms with E-state index in [2.05, 4.69) is 5.10 Å². The van der Waals surface area contributed by atoms with Crippen LogP contribution < -0.4 is 5.56 Å². The molecule has 0 aliphatic rings. The van der Waals surface area contributed by atoms with E-state index in [1.54, 1.807) is 19.2 Å². The van der Waals surface area contributed by atoms with Gasteiger partial charge >= 0.3 is 0 Å². The summed E-state index contributed by atoms with van der Waals surface area (Å²) in [5.74, 6) is 0. The molecule has 2 rings (SSSR count). The molecule has 7 heteroatoms. The maximum atomic E-state index is 12.4. The van der Waals surface area contributed by atoms with Crippen molar-refractivity contribution >= 4 is 10.0 Å². The van der Waals surface area contributed by atoms with Gasteiger partial charge in [-0.25, -0.2) is 12.7 Å². The number of aromatic nitrogens is 2. The maximum Gasteiger partial charge on any atom is 0.274 e. The van der Waals surface area contributed by atoms with Gasteiger partial charge in [-0.3, -0.25) is 14.6 Å². The van der Waals surface area contributed by atoms with Gasteiger partial charge in [-0.1, -0.05) is 32.9 Å². The Morgan fingerprint density at radius 1 is 1.09 bits per heavy atom. The zero-order valence-corrected chi connectivity index (χ0v) is 15.2. The van der Waals surface area contributed by atoms with Crippen LogP contribution in [0.4, 0.5) is 0 Å². The first-order valence-electron chi connectivity index (χ1n) is 7.28. The third kappa shape index (κ3) is 3.11. The minimum Gasteiger partial charge on any atom is -0.299 e. The smallest absolute Gasteiger partial charge is 0.274 e. The predicted octanol–water partition coefficient (Wildman–Crippen LogP) is 1.93. The van der Waals surface area contributed by atoms with Crippen molar-refractivity contribution in [3.8, 4) is 11.1 Å². The van der Waals surface area contributed by atoms with Gasteiger partial charge in [0.15, 0.2) is 0 Å². The SMILES string of the molecule is CN(C)S(=O)(=O)c1ccc(-c2c(C(C)(C)C)[nH]n(C)c2=O)cc1. The molecule has 1 heterocycles. The number of rotatable bonds is 3. The maximum absolute atomic E-state index is 12.4. The standard InChI is InChI=1S/C16H23N3O3S/c1-16(2,3)14-13(15(20)19(6)17-14)11-7-9-12(10-8-11)23(21,22)18(4)5/h7-10,17H,1-6H3. The summed E-state index contributed by atoms with van der Waals surface area (Å²) in [4.78, 5) is 12.6. The summed E-state index contributed by atoms with van der Waals surface area (Å²) in [7, 11) is 1.17. The van der Waals surface area contributed by atoms with Gasteiger partial charge in [-0.05, 0) is 17.7 Å². The van der Waals surface area contributed by atoms with Crippen LogP contribution in [0.1, 0.15) is 26.5 Å². The molecule has 0 aliphatic heterocycles. The predicted molar refractivity (Wildman–Crippen MR) is 91.0 cm³/mol. The number of aryl methyl sites for hydroxylation is 1. The molecule has 0 saturated heterocycles. The molecule has 6 nitrogen and oxygen atoms in total. The minimum atomic E-state index is -3.48. The van der Waals surface area contributed by atoms with Crippen molar-refractivity contribution in [2.45, 2.75) is 31.1 Å². The molecule has 126 valence electrons. The van der Waals surface area contributed by atoms with Crippen LogP contribution in [0.3, 0.4) is 0 Å². The van der Waals surface area contributed by atoms with Gasteiger partial charge in [0, 0.05) is 26.6 Å². The molecule has 1 aromatic heterocycles. The fourth-order valence-corrected chi connectivity index (χ4v) is 3.27. The zero-order chi connectivity index (χ0) is 17.6. The Kier molecular flexibility index (Phi) is 4.30. The summed E-state index contributed by atoms with van der Waals surface area (Å²) in [5, 5.41) is 3.09. The van der Waals surface area contributed by atoms with Gasteiger partial charge < -0.3 is 0 Å². The lowest BCUT2D eigenvalue weighted by molar-refractivity contribution is 0.521. The summed E-state index contributed by atoms with van der Waals surface area (Å²) in [6.07, 6.45) is 0. The molecule has 0 amide bonds. The number of nitrogens with zero attached hydrogens (tertiary/aromatic N) is 2. The lowest BCUT2D eigenvalue weighted by Crippen LogP contribution is -2.22. The summed E-state index contributed by atoms with van der Waals surface area (Å²) in [6, 6.07) is 6.42. The summed E-state index contributed by atoms with van der Waals surface area (Å²) >= 11 is 0. The fraction of sp³-hybridized carbons (Fsp3) is 0.438. The molecule has 0 bridgehead atoms. The molecule has 0 saturated carbocycles. The number of hydrogen-bond donors (Lipinski definition) is 1. The average molecular weight is 337 g/mol. The van der Waals surface area contributed by atoms with Crippen molar-refractivity contribution in [1.82, 2.24) is 14.1 Å². The lowest BCUT2D eigenvalue weighted by atomic mass is 9.87. The first-order chi connectivity index (χ1) is 10.5. The Balaban J connectivity index is 2.60. The van der Waals surface area contributed by atoms with Crippen molar-refractivity contribution in [3.05, 3.63) is 40.3 Å². The van der Waals surface area contributed by atoms with E-state index >= 15 is 0 Å². The second-order valence-electron chi connectivity index (χ2n) is 6.79. The van der Waals surface area contributed by atoms with Crippen LogP contribution >= 0.6 is 0 Å². The summed E-state index contributed by atoms with van der Waals surface area (Å²) in [6.45, 7) is 6.06. The zero-order valence-electron chi connectivity index (χ0n) is 14.3. The van der Waals surface area contributed by atoms with Crippen LogP contribution in [0.15, 0.2) is 34.0 Å². The van der Waals surface area contributed by atoms with Gasteiger partial charge in [-0.2, -0.15) is 0 Å². The molecule has 0 fully saturated rings. The largest absolute Gasteiger partial charge is 0.299 e. The summed E-state index contributed by atoms with van der Waals surface area (Å²) < 4.78 is 26.9. The Morgan fingerprint density at radius 2 is 1.61 bits per heavy atom. The lowest BCUT2D eigenvalue weighted by Gasteiger charge is -2.18. The molecule has 0 spiro atoms. The number of H-pyrrole nitrogens is 1. The molecule has 0 radical (unpaired) electrons. The van der Waals surface area contributed by atoms with Crippen molar-refractivity contribution < 1.29 is 8.42 Å². The van der Waals surface area contributed by atoms with Crippen LogP contribution in [-0.4, -0.2) is 36.6 Å². The first kappa shape index (κ1) is 17.5. The third-order valence-electron chi connectivity index (χ3n) is 3.72. The molecule has 23 heavy (non-hydrogen) atoms. The van der Waals surface area contributed by atoms with E-state index in [-0.39, 0.29) is 15.9 Å². The van der Waals surface area contributed by atoms with Crippen LogP contribution in [0.2, 0.25) is 0 Å². The van der Waals surface area contributed by atoms with Crippen LogP contribution in [-0.2, 0) is 22.5 Å². The average Bonchev–Trinajstić information content (AvgIpc) is 2.75. The molecule has 0 aliphatic carbocycles. The number of hydrogen-bond acceptors (Lipinski definition) is 3. The minimum absolute atomic E-state index is 0.127. The number of benzene rings is 1. The van der Waals surface area contributed by atoms with Crippen molar-refractivity contribution in [2.75, 3.05) is 14.1 Å². The Bertz CT molecular complexity index is 867. The topological polar surface area (TPSA) is 75.2 Å². The molecule has 1 aromatic carbocycles. The van der Waals surface area contributed by atoms with Gasteiger partial charge in [0.1, 0.15) is 0 Å². The highest BCUT2D eigenvalue weighted by molar-refractivity contribution is 7.89. The molecule has 0 unspecified atom stereocenters. The van der Waals surface area contributed by atoms with E-state index in [1.165, 1.54) is 30.9 Å². The monoisotopic (exact) mass is 337 g/mol. The van der Waals surface area contributed by atoms with E-state index in [9.17, 15) is 13.2 Å². The van der Waals surface area contributed by atoms with E-state index < -0.39 is 10.0 Å². The van der Waals surface area contributed by atoms with Gasteiger partial charge in [0.25, 0.3) is 5.56 Å². The summed E-state index contributed by atoms with van der Waals surface area (Å²) in [5.41, 5.74) is 1.75. The Morgan fingerprint density at radius 3 is 2.04 bits per heavy atom. The number of aromatic amines is 1. The molecular formula is C16H23N3O3S. The van der Waals surface area contributed by atoms with Crippen molar-refractivity contribution in [1.29, 1.82) is 0 Å². The second-order valence-corrected chi connectivity index (χ2v) is 8.94.